The number of carbonyl (C=O) groups excluding carboxylic acids is 1. The van der Waals surface area contributed by atoms with Gasteiger partial charge in [0.2, 0.25) is 0 Å². The lowest BCUT2D eigenvalue weighted by atomic mass is 10.1. The summed E-state index contributed by atoms with van der Waals surface area (Å²) in [6.07, 6.45) is 0.327. The van der Waals surface area contributed by atoms with Crippen LogP contribution in [0.4, 0.5) is 0 Å². The van der Waals surface area contributed by atoms with E-state index in [2.05, 4.69) is 0 Å². The minimum atomic E-state index is -0.212. The molecule has 0 aliphatic heterocycles. The molecule has 81 valence electrons. The van der Waals surface area contributed by atoms with E-state index in [9.17, 15) is 4.79 Å². The molecule has 1 radical (unpaired) electrons. The minimum Gasteiger partial charge on any atom is -0.0891 e. The number of rotatable bonds is 3. The maximum absolute atomic E-state index is 11.4. The van der Waals surface area contributed by atoms with Crippen LogP contribution in [0.5, 0.6) is 0 Å². The summed E-state index contributed by atoms with van der Waals surface area (Å²) in [5.41, 5.74) is 2.47. The highest BCUT2D eigenvalue weighted by Crippen LogP contribution is 1.99. The molecule has 0 saturated carbocycles. The van der Waals surface area contributed by atoms with Crippen LogP contribution < -0.4 is 5.48 Å². The second-order valence-electron chi connectivity index (χ2n) is 4.64. The Morgan fingerprint density at radius 3 is 2.40 bits per heavy atom. The number of hydrogen-bond donors (Lipinski definition) is 1. The van der Waals surface area contributed by atoms with E-state index in [1.165, 1.54) is 0 Å². The van der Waals surface area contributed by atoms with Crippen LogP contribution in [0.15, 0.2) is 30.3 Å². The highest BCUT2D eigenvalue weighted by Gasteiger charge is 2.26. The molecule has 0 fully saturated rings. The third-order valence-corrected chi connectivity index (χ3v) is 1.74. The number of nitrogens with two attached hydrogens (primary N) is 1. The Kier molecular flexibility index (Phi) is 3.86. The molecule has 0 spiro atoms. The zero-order valence-electron chi connectivity index (χ0n) is 9.49. The molecular weight excluding hydrogens is 190 g/mol. The SMILES string of the molecule is CC(C)(C)[NH2+]OC(=[O+])Cc1ccccc1. The highest BCUT2D eigenvalue weighted by atomic mass is 16.7. The molecule has 1 aromatic rings. The van der Waals surface area contributed by atoms with Crippen LogP contribution in [0.1, 0.15) is 26.3 Å². The predicted octanol–water partition coefficient (Wildman–Crippen LogP) is 1.05. The molecule has 1 rings (SSSR count). The van der Waals surface area contributed by atoms with Gasteiger partial charge in [-0.2, -0.15) is 0 Å². The van der Waals surface area contributed by atoms with Gasteiger partial charge in [-0.1, -0.05) is 40.6 Å². The van der Waals surface area contributed by atoms with Crippen LogP contribution in [-0.4, -0.2) is 11.5 Å². The lowest BCUT2D eigenvalue weighted by molar-refractivity contribution is -0.915. The summed E-state index contributed by atoms with van der Waals surface area (Å²) in [5, 5.41) is 0. The van der Waals surface area contributed by atoms with E-state index in [0.717, 1.165) is 5.56 Å². The Balaban J connectivity index is 2.38. The van der Waals surface area contributed by atoms with Gasteiger partial charge in [-0.25, -0.2) is 0 Å². The van der Waals surface area contributed by atoms with Gasteiger partial charge in [0.15, 0.2) is 0 Å². The van der Waals surface area contributed by atoms with Crippen LogP contribution in [0.3, 0.4) is 0 Å². The molecule has 1 aromatic carbocycles. The molecule has 0 atom stereocenters. The van der Waals surface area contributed by atoms with Crippen molar-refractivity contribution in [1.29, 1.82) is 0 Å². The van der Waals surface area contributed by atoms with Crippen molar-refractivity contribution in [2.75, 3.05) is 0 Å². The van der Waals surface area contributed by atoms with Crippen molar-refractivity contribution >= 4 is 5.97 Å². The first-order valence-corrected chi connectivity index (χ1v) is 5.05. The van der Waals surface area contributed by atoms with E-state index in [4.69, 9.17) is 4.84 Å². The van der Waals surface area contributed by atoms with Crippen molar-refractivity contribution in [2.24, 2.45) is 0 Å². The molecule has 2 N–H and O–H groups in total. The highest BCUT2D eigenvalue weighted by molar-refractivity contribution is 5.71. The summed E-state index contributed by atoms with van der Waals surface area (Å²) in [7, 11) is 0. The van der Waals surface area contributed by atoms with Gasteiger partial charge in [0.05, 0.1) is 4.79 Å². The second kappa shape index (κ2) is 4.94. The van der Waals surface area contributed by atoms with Crippen molar-refractivity contribution in [3.05, 3.63) is 35.9 Å². The lowest BCUT2D eigenvalue weighted by Crippen LogP contribution is -2.94. The van der Waals surface area contributed by atoms with Crippen molar-refractivity contribution in [3.8, 4) is 0 Å². The fraction of sp³-hybridized carbons (Fsp3) is 0.417. The van der Waals surface area contributed by atoms with Gasteiger partial charge in [-0.15, -0.1) is 0 Å². The molecule has 0 bridgehead atoms. The number of carbonyl (C=O) groups is 1. The number of hydroxylamine groups is 1. The lowest BCUT2D eigenvalue weighted by Gasteiger charge is -2.07. The fourth-order valence-electron chi connectivity index (χ4n) is 1.05. The van der Waals surface area contributed by atoms with Crippen molar-refractivity contribution in [1.82, 2.24) is 0 Å². The zero-order valence-corrected chi connectivity index (χ0v) is 9.49. The van der Waals surface area contributed by atoms with E-state index < -0.39 is 0 Å². The average molecular weight is 208 g/mol. The first-order valence-electron chi connectivity index (χ1n) is 5.05. The Morgan fingerprint density at radius 2 is 1.87 bits per heavy atom. The van der Waals surface area contributed by atoms with Gasteiger partial charge in [-0.05, 0) is 26.3 Å². The van der Waals surface area contributed by atoms with Crippen LogP contribution >= 0.6 is 0 Å². The first-order chi connectivity index (χ1) is 6.97. The largest absolute Gasteiger partial charge is 0.642 e. The molecule has 3 heteroatoms. The topological polar surface area (TPSA) is 45.7 Å². The van der Waals surface area contributed by atoms with E-state index >= 15 is 0 Å². The molecule has 0 aliphatic rings. The number of quaternary nitrogens is 1. The summed E-state index contributed by atoms with van der Waals surface area (Å²) in [6.45, 7) is 5.97. The third-order valence-electron chi connectivity index (χ3n) is 1.74. The van der Waals surface area contributed by atoms with E-state index in [1.807, 2.05) is 51.1 Å². The summed E-state index contributed by atoms with van der Waals surface area (Å²) in [4.78, 5) is 16.5. The van der Waals surface area contributed by atoms with Gasteiger partial charge in [0.25, 0.3) is 0 Å². The standard InChI is InChI=1S/C12H17NO2/c1-12(2,3)13-15-11(14)9-10-7-5-4-6-8-10/h4-8,13H,9H2,1-3H3/q+1/p+1. The van der Waals surface area contributed by atoms with Gasteiger partial charge in [-0.3, -0.25) is 0 Å². The van der Waals surface area contributed by atoms with Gasteiger partial charge in [0.1, 0.15) is 12.0 Å². The van der Waals surface area contributed by atoms with Crippen molar-refractivity contribution in [2.45, 2.75) is 32.7 Å². The maximum atomic E-state index is 11.4. The first kappa shape index (κ1) is 11.7. The molecule has 0 aromatic heterocycles. The summed E-state index contributed by atoms with van der Waals surface area (Å²) in [5.74, 6) is -0.212. The number of hydrogen-bond acceptors (Lipinski definition) is 2. The smallest absolute Gasteiger partial charge is 0.0891 e. The van der Waals surface area contributed by atoms with Crippen LogP contribution in [0.25, 0.3) is 0 Å². The van der Waals surface area contributed by atoms with E-state index in [-0.39, 0.29) is 11.5 Å². The quantitative estimate of drug-likeness (QED) is 0.596. The number of benzene rings is 1. The van der Waals surface area contributed by atoms with E-state index in [0.29, 0.717) is 6.42 Å². The normalized spacial score (nSPS) is 11.1. The minimum absolute atomic E-state index is 0.0909. The third kappa shape index (κ3) is 5.18. The summed E-state index contributed by atoms with van der Waals surface area (Å²) >= 11 is 0. The molecular formula is C12H18NO2+2. The molecule has 3 nitrogen and oxygen atoms in total. The Bertz CT molecular complexity index is 314. The molecule has 0 aliphatic carbocycles. The average Bonchev–Trinajstić information content (AvgIpc) is 2.15. The van der Waals surface area contributed by atoms with Crippen molar-refractivity contribution < 1.29 is 15.1 Å². The van der Waals surface area contributed by atoms with Gasteiger partial charge >= 0.3 is 5.97 Å². The zero-order chi connectivity index (χ0) is 11.3. The van der Waals surface area contributed by atoms with Crippen LogP contribution in [0, 0.1) is 0 Å². The Hall–Kier alpha value is -1.35. The van der Waals surface area contributed by atoms with Gasteiger partial charge < -0.3 is 0 Å². The molecule has 0 unspecified atom stereocenters. The maximum Gasteiger partial charge on any atom is 0.642 e. The molecule has 0 saturated heterocycles. The van der Waals surface area contributed by atoms with Crippen LogP contribution in [-0.2, 0) is 16.1 Å². The molecule has 0 amide bonds. The molecule has 15 heavy (non-hydrogen) atoms. The fourth-order valence-corrected chi connectivity index (χ4v) is 1.05. The summed E-state index contributed by atoms with van der Waals surface area (Å²) in [6, 6.07) is 9.58. The van der Waals surface area contributed by atoms with Crippen molar-refractivity contribution in [3.63, 3.8) is 0 Å². The Morgan fingerprint density at radius 1 is 1.27 bits per heavy atom. The van der Waals surface area contributed by atoms with Gasteiger partial charge in [0, 0.05) is 0 Å². The monoisotopic (exact) mass is 208 g/mol. The molecule has 0 heterocycles. The van der Waals surface area contributed by atoms with E-state index in [1.54, 1.807) is 5.48 Å². The Labute approximate surface area is 90.4 Å². The van der Waals surface area contributed by atoms with Crippen LogP contribution in [0.2, 0.25) is 0 Å². The summed E-state index contributed by atoms with van der Waals surface area (Å²) < 4.78 is 0. The predicted molar refractivity (Wildman–Crippen MR) is 57.9 cm³/mol. The second-order valence-corrected chi connectivity index (χ2v) is 4.64.